The van der Waals surface area contributed by atoms with Gasteiger partial charge in [-0.1, -0.05) is 30.0 Å². The van der Waals surface area contributed by atoms with Crippen molar-refractivity contribution >= 4 is 17.7 Å². The second-order valence-electron chi connectivity index (χ2n) is 7.75. The maximum atomic E-state index is 12.4. The van der Waals surface area contributed by atoms with Crippen molar-refractivity contribution in [1.82, 2.24) is 15.5 Å². The van der Waals surface area contributed by atoms with E-state index in [1.165, 1.54) is 35.7 Å². The number of nitrogens with zero attached hydrogens (tertiary/aromatic N) is 2. The molecule has 2 aliphatic rings. The van der Waals surface area contributed by atoms with E-state index in [9.17, 15) is 4.79 Å². The molecule has 2 aromatic carbocycles. The first-order valence-electron chi connectivity index (χ1n) is 10.4. The van der Waals surface area contributed by atoms with Crippen LogP contribution in [-0.2, 0) is 17.6 Å². The molecule has 1 aromatic heterocycles. The molecule has 8 heteroatoms. The molecule has 2 heterocycles. The van der Waals surface area contributed by atoms with Crippen LogP contribution in [-0.4, -0.2) is 28.7 Å². The summed E-state index contributed by atoms with van der Waals surface area (Å²) in [5.74, 6) is 1.86. The third-order valence-electron chi connectivity index (χ3n) is 5.60. The highest BCUT2D eigenvalue weighted by Gasteiger charge is 2.18. The lowest BCUT2D eigenvalue weighted by molar-refractivity contribution is -0.119. The fourth-order valence-electron chi connectivity index (χ4n) is 3.93. The third-order valence-corrected chi connectivity index (χ3v) is 6.42. The quantitative estimate of drug-likeness (QED) is 0.575. The van der Waals surface area contributed by atoms with Crippen molar-refractivity contribution in [1.29, 1.82) is 0 Å². The first-order valence-corrected chi connectivity index (χ1v) is 11.4. The maximum Gasteiger partial charge on any atom is 0.277 e. The van der Waals surface area contributed by atoms with Crippen molar-refractivity contribution < 1.29 is 18.7 Å². The van der Waals surface area contributed by atoms with E-state index in [4.69, 9.17) is 13.9 Å². The van der Waals surface area contributed by atoms with Gasteiger partial charge in [0.1, 0.15) is 0 Å². The molecule has 0 saturated heterocycles. The molecule has 0 radical (unpaired) electrons. The second-order valence-corrected chi connectivity index (χ2v) is 8.68. The number of amides is 1. The summed E-state index contributed by atoms with van der Waals surface area (Å²) in [6.07, 6.45) is 4.79. The Morgan fingerprint density at radius 1 is 1.06 bits per heavy atom. The van der Waals surface area contributed by atoms with E-state index in [0.29, 0.717) is 22.6 Å². The van der Waals surface area contributed by atoms with Gasteiger partial charge in [-0.3, -0.25) is 4.79 Å². The maximum absolute atomic E-state index is 12.4. The normalized spacial score (nSPS) is 15.4. The summed E-state index contributed by atoms with van der Waals surface area (Å²) >= 11 is 1.22. The zero-order chi connectivity index (χ0) is 21.2. The van der Waals surface area contributed by atoms with E-state index in [-0.39, 0.29) is 24.5 Å². The Morgan fingerprint density at radius 3 is 2.81 bits per heavy atom. The van der Waals surface area contributed by atoms with Crippen LogP contribution in [0.25, 0.3) is 11.5 Å². The van der Waals surface area contributed by atoms with Crippen molar-refractivity contribution in [3.05, 3.63) is 53.1 Å². The summed E-state index contributed by atoms with van der Waals surface area (Å²) in [5, 5.41) is 11.5. The molecule has 31 heavy (non-hydrogen) atoms. The molecule has 3 aromatic rings. The van der Waals surface area contributed by atoms with Crippen molar-refractivity contribution in [2.24, 2.45) is 0 Å². The topological polar surface area (TPSA) is 86.5 Å². The average molecular weight is 438 g/mol. The van der Waals surface area contributed by atoms with E-state index in [1.807, 2.05) is 19.1 Å². The molecular weight excluding hydrogens is 414 g/mol. The number of thioether (sulfide) groups is 1. The number of benzene rings is 2. The van der Waals surface area contributed by atoms with E-state index < -0.39 is 0 Å². The molecule has 1 atom stereocenters. The van der Waals surface area contributed by atoms with Gasteiger partial charge in [0.2, 0.25) is 18.6 Å². The van der Waals surface area contributed by atoms with Crippen molar-refractivity contribution in [2.75, 3.05) is 12.5 Å². The van der Waals surface area contributed by atoms with Gasteiger partial charge in [0.05, 0.1) is 11.8 Å². The molecule has 0 spiro atoms. The molecule has 1 amide bonds. The van der Waals surface area contributed by atoms with Crippen LogP contribution in [0.5, 0.6) is 11.5 Å². The Kier molecular flexibility index (Phi) is 5.55. The molecule has 160 valence electrons. The zero-order valence-corrected chi connectivity index (χ0v) is 18.0. The Balaban J connectivity index is 1.17. The fraction of sp³-hybridized carbons (Fsp3) is 0.348. The van der Waals surface area contributed by atoms with Crippen molar-refractivity contribution in [3.8, 4) is 23.0 Å². The van der Waals surface area contributed by atoms with Crippen LogP contribution in [0.3, 0.4) is 0 Å². The highest BCUT2D eigenvalue weighted by Crippen LogP contribution is 2.36. The number of nitrogens with one attached hydrogen (secondary N) is 1. The van der Waals surface area contributed by atoms with Gasteiger partial charge in [0, 0.05) is 5.56 Å². The first kappa shape index (κ1) is 19.9. The van der Waals surface area contributed by atoms with Gasteiger partial charge < -0.3 is 19.2 Å². The fourth-order valence-corrected chi connectivity index (χ4v) is 4.51. The predicted molar refractivity (Wildman–Crippen MR) is 116 cm³/mol. The van der Waals surface area contributed by atoms with Crippen LogP contribution < -0.4 is 14.8 Å². The summed E-state index contributed by atoms with van der Waals surface area (Å²) in [6, 6.07) is 12.0. The highest BCUT2D eigenvalue weighted by molar-refractivity contribution is 7.99. The number of ether oxygens (including phenoxy) is 2. The SMILES string of the molecule is CC(NC(=O)CSc1nnc(-c2ccc3c(c2)OCO3)o1)c1ccc2c(c1)CCCC2. The Labute approximate surface area is 184 Å². The molecular formula is C23H23N3O4S. The van der Waals surface area contributed by atoms with E-state index >= 15 is 0 Å². The largest absolute Gasteiger partial charge is 0.454 e. The highest BCUT2D eigenvalue weighted by atomic mass is 32.2. The second kappa shape index (κ2) is 8.63. The van der Waals surface area contributed by atoms with E-state index in [1.54, 1.807) is 6.07 Å². The smallest absolute Gasteiger partial charge is 0.277 e. The van der Waals surface area contributed by atoms with Gasteiger partial charge in [-0.15, -0.1) is 10.2 Å². The van der Waals surface area contributed by atoms with Gasteiger partial charge in [0.15, 0.2) is 11.5 Å². The lowest BCUT2D eigenvalue weighted by Crippen LogP contribution is -2.28. The minimum Gasteiger partial charge on any atom is -0.454 e. The molecule has 0 fully saturated rings. The summed E-state index contributed by atoms with van der Waals surface area (Å²) in [4.78, 5) is 12.4. The summed E-state index contributed by atoms with van der Waals surface area (Å²) in [6.45, 7) is 2.22. The van der Waals surface area contributed by atoms with Crippen molar-refractivity contribution in [2.45, 2.75) is 43.9 Å². The molecule has 0 saturated carbocycles. The van der Waals surface area contributed by atoms with Gasteiger partial charge in [-0.25, -0.2) is 0 Å². The standard InChI is InChI=1S/C23H23N3O4S/c1-14(16-7-6-15-4-2-3-5-17(15)10-16)24-21(27)12-31-23-26-25-22(30-23)18-8-9-19-20(11-18)29-13-28-19/h6-11,14H,2-5,12-13H2,1H3,(H,24,27). The number of hydrogen-bond acceptors (Lipinski definition) is 7. The number of aromatic nitrogens is 2. The predicted octanol–water partition coefficient (Wildman–Crippen LogP) is 4.31. The van der Waals surface area contributed by atoms with Crippen LogP contribution in [0.1, 0.15) is 42.5 Å². The van der Waals surface area contributed by atoms with E-state index in [2.05, 4.69) is 33.7 Å². The summed E-state index contributed by atoms with van der Waals surface area (Å²) in [5.41, 5.74) is 4.75. The third kappa shape index (κ3) is 4.39. The molecule has 1 unspecified atom stereocenters. The minimum atomic E-state index is -0.0712. The van der Waals surface area contributed by atoms with Crippen LogP contribution >= 0.6 is 11.8 Å². The van der Waals surface area contributed by atoms with Gasteiger partial charge >= 0.3 is 0 Å². The number of carbonyl (C=O) groups excluding carboxylic acids is 1. The summed E-state index contributed by atoms with van der Waals surface area (Å²) in [7, 11) is 0. The monoisotopic (exact) mass is 437 g/mol. The molecule has 1 N–H and O–H groups in total. The zero-order valence-electron chi connectivity index (χ0n) is 17.2. The minimum absolute atomic E-state index is 0.0489. The van der Waals surface area contributed by atoms with Crippen LogP contribution in [0.2, 0.25) is 0 Å². The lowest BCUT2D eigenvalue weighted by atomic mass is 9.89. The molecule has 1 aliphatic carbocycles. The molecule has 5 rings (SSSR count). The Bertz CT molecular complexity index is 1110. The van der Waals surface area contributed by atoms with E-state index in [0.717, 1.165) is 24.0 Å². The molecule has 7 nitrogen and oxygen atoms in total. The number of aryl methyl sites for hydroxylation is 2. The Hall–Kier alpha value is -3.00. The van der Waals surface area contributed by atoms with Crippen LogP contribution in [0.4, 0.5) is 0 Å². The molecule has 0 bridgehead atoms. The number of fused-ring (bicyclic) bond motifs is 2. The molecule has 1 aliphatic heterocycles. The Morgan fingerprint density at radius 2 is 1.90 bits per heavy atom. The lowest BCUT2D eigenvalue weighted by Gasteiger charge is -2.20. The van der Waals surface area contributed by atoms with Crippen LogP contribution in [0.15, 0.2) is 46.0 Å². The first-order chi connectivity index (χ1) is 15.2. The number of carbonyl (C=O) groups is 1. The number of hydrogen-bond donors (Lipinski definition) is 1. The van der Waals surface area contributed by atoms with Gasteiger partial charge in [-0.2, -0.15) is 0 Å². The van der Waals surface area contributed by atoms with Gasteiger partial charge in [0.25, 0.3) is 5.22 Å². The average Bonchev–Trinajstić information content (AvgIpc) is 3.46. The van der Waals surface area contributed by atoms with Crippen molar-refractivity contribution in [3.63, 3.8) is 0 Å². The number of rotatable bonds is 6. The van der Waals surface area contributed by atoms with Crippen LogP contribution in [0, 0.1) is 0 Å². The van der Waals surface area contributed by atoms with Gasteiger partial charge in [-0.05, 0) is 67.5 Å². The summed E-state index contributed by atoms with van der Waals surface area (Å²) < 4.78 is 16.4.